The van der Waals surface area contributed by atoms with E-state index >= 15 is 0 Å². The van der Waals surface area contributed by atoms with Gasteiger partial charge >= 0.3 is 0 Å². The number of sulfonamides is 1. The first-order valence-electron chi connectivity index (χ1n) is 9.36. The standard InChI is InChI=1S/C23H24N2O4S/c1-24(19-13-15-21(29-3)16-14-19)23(26)17-18-9-11-20(12-10-18)25(2)30(27,28)22-7-5-4-6-8-22/h4-16H,17H2,1-3H3. The molecule has 1 amide bonds. The molecular formula is C23H24N2O4S. The van der Waals surface area contributed by atoms with E-state index in [0.29, 0.717) is 5.69 Å². The molecule has 0 aliphatic rings. The highest BCUT2D eigenvalue weighted by molar-refractivity contribution is 7.92. The number of hydrogen-bond acceptors (Lipinski definition) is 4. The van der Waals surface area contributed by atoms with E-state index in [0.717, 1.165) is 17.0 Å². The van der Waals surface area contributed by atoms with E-state index in [9.17, 15) is 13.2 Å². The van der Waals surface area contributed by atoms with Gasteiger partial charge in [0.2, 0.25) is 5.91 Å². The Kier molecular flexibility index (Phi) is 6.42. The lowest BCUT2D eigenvalue weighted by Crippen LogP contribution is -2.28. The number of likely N-dealkylation sites (N-methyl/N-ethyl adjacent to an activating group) is 1. The van der Waals surface area contributed by atoms with Crippen molar-refractivity contribution in [2.75, 3.05) is 30.4 Å². The molecule has 3 aromatic rings. The molecule has 0 heterocycles. The van der Waals surface area contributed by atoms with Crippen molar-refractivity contribution in [1.82, 2.24) is 0 Å². The van der Waals surface area contributed by atoms with Gasteiger partial charge in [0.05, 0.1) is 24.1 Å². The van der Waals surface area contributed by atoms with Gasteiger partial charge in [-0.2, -0.15) is 0 Å². The Morgan fingerprint density at radius 2 is 1.40 bits per heavy atom. The van der Waals surface area contributed by atoms with Crippen molar-refractivity contribution in [3.63, 3.8) is 0 Å². The average Bonchev–Trinajstić information content (AvgIpc) is 2.79. The molecule has 0 aliphatic carbocycles. The third kappa shape index (κ3) is 4.63. The molecule has 0 atom stereocenters. The number of methoxy groups -OCH3 is 1. The fourth-order valence-electron chi connectivity index (χ4n) is 2.96. The van der Waals surface area contributed by atoms with Gasteiger partial charge in [0.25, 0.3) is 10.0 Å². The van der Waals surface area contributed by atoms with Crippen LogP contribution in [0.3, 0.4) is 0 Å². The van der Waals surface area contributed by atoms with Gasteiger partial charge in [-0.1, -0.05) is 30.3 Å². The first kappa shape index (κ1) is 21.4. The van der Waals surface area contributed by atoms with Gasteiger partial charge in [-0.25, -0.2) is 8.42 Å². The number of carbonyl (C=O) groups excluding carboxylic acids is 1. The molecule has 0 saturated carbocycles. The number of ether oxygens (including phenoxy) is 1. The molecule has 0 fully saturated rings. The molecule has 0 aromatic heterocycles. The van der Waals surface area contributed by atoms with E-state index < -0.39 is 10.0 Å². The highest BCUT2D eigenvalue weighted by Gasteiger charge is 2.21. The van der Waals surface area contributed by atoms with Crippen LogP contribution < -0.4 is 13.9 Å². The molecule has 0 aliphatic heterocycles. The largest absolute Gasteiger partial charge is 0.497 e. The van der Waals surface area contributed by atoms with E-state index in [-0.39, 0.29) is 17.2 Å². The molecule has 3 aromatic carbocycles. The zero-order chi connectivity index (χ0) is 21.7. The number of nitrogens with zero attached hydrogens (tertiary/aromatic N) is 2. The minimum atomic E-state index is -3.64. The number of benzene rings is 3. The second-order valence-electron chi connectivity index (χ2n) is 6.78. The van der Waals surface area contributed by atoms with Crippen LogP contribution in [0.2, 0.25) is 0 Å². The van der Waals surface area contributed by atoms with Crippen LogP contribution in [0.4, 0.5) is 11.4 Å². The minimum Gasteiger partial charge on any atom is -0.497 e. The summed E-state index contributed by atoms with van der Waals surface area (Å²) in [6.45, 7) is 0. The Morgan fingerprint density at radius 3 is 1.97 bits per heavy atom. The van der Waals surface area contributed by atoms with Gasteiger partial charge < -0.3 is 9.64 Å². The highest BCUT2D eigenvalue weighted by atomic mass is 32.2. The predicted molar refractivity (Wildman–Crippen MR) is 119 cm³/mol. The van der Waals surface area contributed by atoms with Gasteiger partial charge in [0.1, 0.15) is 5.75 Å². The van der Waals surface area contributed by atoms with Crippen LogP contribution in [0.1, 0.15) is 5.56 Å². The number of amides is 1. The SMILES string of the molecule is COc1ccc(N(C)C(=O)Cc2ccc(N(C)S(=O)(=O)c3ccccc3)cc2)cc1. The van der Waals surface area contributed by atoms with Crippen LogP contribution in [-0.2, 0) is 21.2 Å². The van der Waals surface area contributed by atoms with E-state index in [1.165, 1.54) is 11.4 Å². The summed E-state index contributed by atoms with van der Waals surface area (Å²) >= 11 is 0. The number of hydrogen-bond donors (Lipinski definition) is 0. The van der Waals surface area contributed by atoms with Gasteiger partial charge in [0, 0.05) is 19.8 Å². The summed E-state index contributed by atoms with van der Waals surface area (Å²) in [4.78, 5) is 14.4. The Hall–Kier alpha value is -3.32. The molecule has 0 radical (unpaired) electrons. The van der Waals surface area contributed by atoms with E-state index in [2.05, 4.69) is 0 Å². The normalized spacial score (nSPS) is 11.0. The summed E-state index contributed by atoms with van der Waals surface area (Å²) in [7, 11) is 1.19. The van der Waals surface area contributed by atoms with Crippen molar-refractivity contribution >= 4 is 27.3 Å². The third-order valence-electron chi connectivity index (χ3n) is 4.89. The highest BCUT2D eigenvalue weighted by Crippen LogP contribution is 2.23. The van der Waals surface area contributed by atoms with Crippen LogP contribution in [0.25, 0.3) is 0 Å². The Bertz CT molecular complexity index is 1100. The van der Waals surface area contributed by atoms with Gasteiger partial charge in [-0.15, -0.1) is 0 Å². The molecule has 30 heavy (non-hydrogen) atoms. The molecule has 0 unspecified atom stereocenters. The van der Waals surface area contributed by atoms with Crippen molar-refractivity contribution < 1.29 is 17.9 Å². The van der Waals surface area contributed by atoms with Crippen molar-refractivity contribution in [3.8, 4) is 5.75 Å². The maximum absolute atomic E-state index is 12.7. The van der Waals surface area contributed by atoms with E-state index in [1.54, 1.807) is 85.8 Å². The second kappa shape index (κ2) is 9.00. The van der Waals surface area contributed by atoms with Crippen molar-refractivity contribution in [3.05, 3.63) is 84.4 Å². The Balaban J connectivity index is 1.70. The maximum Gasteiger partial charge on any atom is 0.264 e. The van der Waals surface area contributed by atoms with Crippen LogP contribution in [0.5, 0.6) is 5.75 Å². The zero-order valence-electron chi connectivity index (χ0n) is 17.1. The number of anilines is 2. The topological polar surface area (TPSA) is 66.9 Å². The molecule has 0 N–H and O–H groups in total. The van der Waals surface area contributed by atoms with Crippen molar-refractivity contribution in [2.45, 2.75) is 11.3 Å². The summed E-state index contributed by atoms with van der Waals surface area (Å²) in [5, 5.41) is 0. The summed E-state index contributed by atoms with van der Waals surface area (Å²) in [5.74, 6) is 0.656. The molecule has 6 nitrogen and oxygen atoms in total. The Morgan fingerprint density at radius 1 is 0.833 bits per heavy atom. The van der Waals surface area contributed by atoms with Gasteiger partial charge in [-0.05, 0) is 54.1 Å². The summed E-state index contributed by atoms with van der Waals surface area (Å²) < 4.78 is 31.9. The van der Waals surface area contributed by atoms with Crippen LogP contribution in [0, 0.1) is 0 Å². The smallest absolute Gasteiger partial charge is 0.264 e. The number of carbonyl (C=O) groups is 1. The monoisotopic (exact) mass is 424 g/mol. The predicted octanol–water partition coefficient (Wildman–Crippen LogP) is 3.73. The first-order chi connectivity index (χ1) is 14.3. The quantitative estimate of drug-likeness (QED) is 0.580. The molecule has 3 rings (SSSR count). The molecule has 0 spiro atoms. The maximum atomic E-state index is 12.7. The average molecular weight is 425 g/mol. The molecule has 7 heteroatoms. The van der Waals surface area contributed by atoms with Crippen LogP contribution in [0.15, 0.2) is 83.8 Å². The Labute approximate surface area is 177 Å². The molecule has 156 valence electrons. The molecule has 0 bridgehead atoms. The lowest BCUT2D eigenvalue weighted by atomic mass is 10.1. The van der Waals surface area contributed by atoms with E-state index in [4.69, 9.17) is 4.74 Å². The minimum absolute atomic E-state index is 0.0711. The number of rotatable bonds is 7. The van der Waals surface area contributed by atoms with Crippen molar-refractivity contribution in [2.24, 2.45) is 0 Å². The summed E-state index contributed by atoms with van der Waals surface area (Å²) in [5.41, 5.74) is 2.10. The van der Waals surface area contributed by atoms with E-state index in [1.807, 2.05) is 12.1 Å². The zero-order valence-corrected chi connectivity index (χ0v) is 18.0. The summed E-state index contributed by atoms with van der Waals surface area (Å²) in [6, 6.07) is 22.5. The second-order valence-corrected chi connectivity index (χ2v) is 8.75. The first-order valence-corrected chi connectivity index (χ1v) is 10.8. The molecule has 0 saturated heterocycles. The summed E-state index contributed by atoms with van der Waals surface area (Å²) in [6.07, 6.45) is 0.206. The molecular weight excluding hydrogens is 400 g/mol. The fraction of sp³-hybridized carbons (Fsp3) is 0.174. The van der Waals surface area contributed by atoms with Crippen molar-refractivity contribution in [1.29, 1.82) is 0 Å². The van der Waals surface area contributed by atoms with Crippen LogP contribution >= 0.6 is 0 Å². The lowest BCUT2D eigenvalue weighted by Gasteiger charge is -2.20. The third-order valence-corrected chi connectivity index (χ3v) is 6.69. The van der Waals surface area contributed by atoms with Gasteiger partial charge in [0.15, 0.2) is 0 Å². The fourth-order valence-corrected chi connectivity index (χ4v) is 4.17. The lowest BCUT2D eigenvalue weighted by molar-refractivity contribution is -0.117. The van der Waals surface area contributed by atoms with Crippen LogP contribution in [-0.4, -0.2) is 35.5 Å². The van der Waals surface area contributed by atoms with Gasteiger partial charge in [-0.3, -0.25) is 9.10 Å².